The third-order valence-electron chi connectivity index (χ3n) is 8.72. The van der Waals surface area contributed by atoms with E-state index >= 15 is 0 Å². The largest absolute Gasteiger partial charge is 0.456 e. The molecule has 0 radical (unpaired) electrons. The topological polar surface area (TPSA) is 123 Å². The summed E-state index contributed by atoms with van der Waals surface area (Å²) in [5.74, 6) is 0.666. The van der Waals surface area contributed by atoms with Crippen LogP contribution in [-0.2, 0) is 4.74 Å². The number of aromatic nitrogens is 2. The van der Waals surface area contributed by atoms with Crippen molar-refractivity contribution in [3.8, 4) is 51.1 Å². The van der Waals surface area contributed by atoms with Gasteiger partial charge in [0.1, 0.15) is 11.2 Å². The highest BCUT2D eigenvalue weighted by molar-refractivity contribution is 6.07. The van der Waals surface area contributed by atoms with Crippen LogP contribution < -0.4 is 5.73 Å². The Balaban J connectivity index is 1.11. The Bertz CT molecular complexity index is 2500. The summed E-state index contributed by atoms with van der Waals surface area (Å²) >= 11 is 0. The number of rotatable bonds is 7. The molecular weight excluding hydrogens is 619 g/mol. The van der Waals surface area contributed by atoms with Crippen molar-refractivity contribution in [2.24, 2.45) is 0 Å². The van der Waals surface area contributed by atoms with Gasteiger partial charge >= 0.3 is 0 Å². The van der Waals surface area contributed by atoms with E-state index in [2.05, 4.69) is 48.2 Å². The maximum Gasteiger partial charge on any atom is 0.257 e. The van der Waals surface area contributed by atoms with Crippen molar-refractivity contribution >= 4 is 27.8 Å². The highest BCUT2D eigenvalue weighted by Crippen LogP contribution is 2.36. The van der Waals surface area contributed by atoms with Gasteiger partial charge in [-0.3, -0.25) is 5.41 Å². The van der Waals surface area contributed by atoms with E-state index in [-0.39, 0.29) is 5.90 Å². The lowest BCUT2D eigenvalue weighted by Crippen LogP contribution is -2.55. The van der Waals surface area contributed by atoms with E-state index in [1.807, 2.05) is 91.0 Å². The molecule has 0 amide bonds. The molecule has 0 saturated heterocycles. The van der Waals surface area contributed by atoms with Crippen LogP contribution in [0.15, 0.2) is 156 Å². The highest BCUT2D eigenvalue weighted by Gasteiger charge is 2.17. The molecule has 0 aliphatic heterocycles. The maximum atomic E-state index is 9.06. The lowest BCUT2D eigenvalue weighted by molar-refractivity contribution is -0.484. The minimum Gasteiger partial charge on any atom is -0.456 e. The Labute approximate surface area is 288 Å². The monoisotopic (exact) mass is 648 g/mol. The zero-order valence-electron chi connectivity index (χ0n) is 26.9. The van der Waals surface area contributed by atoms with Crippen LogP contribution in [0.3, 0.4) is 0 Å². The third kappa shape index (κ3) is 5.99. The van der Waals surface area contributed by atoms with Crippen LogP contribution in [0.2, 0.25) is 0 Å². The Morgan fingerprint density at radius 2 is 1.28 bits per heavy atom. The Kier molecular flexibility index (Phi) is 7.90. The normalized spacial score (nSPS) is 11.7. The second kappa shape index (κ2) is 13.0. The van der Waals surface area contributed by atoms with Crippen LogP contribution in [0.1, 0.15) is 22.9 Å². The predicted molar refractivity (Wildman–Crippen MR) is 196 cm³/mol. The second-order valence-electron chi connectivity index (χ2n) is 12.0. The van der Waals surface area contributed by atoms with Gasteiger partial charge in [-0.15, -0.1) is 0 Å². The number of ether oxygens (including phenoxy) is 1. The van der Waals surface area contributed by atoms with Gasteiger partial charge in [0.05, 0.1) is 28.6 Å². The summed E-state index contributed by atoms with van der Waals surface area (Å²) in [4.78, 5) is 9.90. The van der Waals surface area contributed by atoms with Gasteiger partial charge < -0.3 is 14.9 Å². The summed E-state index contributed by atoms with van der Waals surface area (Å²) in [5, 5.41) is 19.5. The highest BCUT2D eigenvalue weighted by atomic mass is 16.5. The van der Waals surface area contributed by atoms with E-state index < -0.39 is 6.23 Å². The van der Waals surface area contributed by atoms with Crippen molar-refractivity contribution in [3.63, 3.8) is 0 Å². The summed E-state index contributed by atoms with van der Waals surface area (Å²) in [6, 6.07) is 51.5. The molecule has 1 unspecified atom stereocenters. The number of fused-ring (bicyclic) bond motifs is 3. The molecule has 8 rings (SSSR count). The first-order valence-electron chi connectivity index (χ1n) is 16.2. The lowest BCUT2D eigenvalue weighted by Gasteiger charge is -2.14. The first-order chi connectivity index (χ1) is 24.5. The molecule has 4 N–H and O–H groups in total. The number of nitrogens with zero attached hydrogens (tertiary/aromatic N) is 3. The minimum atomic E-state index is -0.596. The van der Waals surface area contributed by atoms with Gasteiger partial charge in [0, 0.05) is 33.0 Å². The SMILES string of the molecule is N#Cc1ccc(C(=N)OC([NH3+])c2cccc(-c3ccc4oc5cc(-c6cc(-c7ccccc7)nc(-c7ccccc7)n6)ccc5c4c3)c2)cc1. The van der Waals surface area contributed by atoms with Crippen molar-refractivity contribution in [1.29, 1.82) is 10.7 Å². The van der Waals surface area contributed by atoms with E-state index in [0.29, 0.717) is 17.0 Å². The van der Waals surface area contributed by atoms with Gasteiger partial charge in [-0.2, -0.15) is 5.26 Å². The lowest BCUT2D eigenvalue weighted by atomic mass is 10.00. The molecule has 6 aromatic carbocycles. The van der Waals surface area contributed by atoms with Crippen molar-refractivity contribution in [2.75, 3.05) is 0 Å². The van der Waals surface area contributed by atoms with Crippen LogP contribution in [-0.4, -0.2) is 15.9 Å². The molecule has 1 atom stereocenters. The quantitative estimate of drug-likeness (QED) is 0.101. The average Bonchev–Trinajstić information content (AvgIpc) is 3.55. The molecule has 2 aromatic heterocycles. The molecule has 238 valence electrons. The first kappa shape index (κ1) is 30.5. The van der Waals surface area contributed by atoms with Gasteiger partial charge in [0.2, 0.25) is 5.90 Å². The number of hydrogen-bond donors (Lipinski definition) is 2. The van der Waals surface area contributed by atoms with Crippen molar-refractivity contribution < 1.29 is 14.9 Å². The van der Waals surface area contributed by atoms with Crippen LogP contribution in [0.4, 0.5) is 0 Å². The van der Waals surface area contributed by atoms with Gasteiger partial charge in [0.25, 0.3) is 6.23 Å². The molecule has 0 bridgehead atoms. The predicted octanol–water partition coefficient (Wildman–Crippen LogP) is 9.20. The van der Waals surface area contributed by atoms with E-state index in [4.69, 9.17) is 29.8 Å². The Hall–Kier alpha value is -6.88. The van der Waals surface area contributed by atoms with Crippen molar-refractivity contribution in [1.82, 2.24) is 9.97 Å². The smallest absolute Gasteiger partial charge is 0.257 e. The molecule has 0 aliphatic carbocycles. The van der Waals surface area contributed by atoms with Gasteiger partial charge in [-0.25, -0.2) is 9.97 Å². The summed E-state index contributed by atoms with van der Waals surface area (Å²) in [6.45, 7) is 0. The molecular formula is C43H30N5O2+. The fraction of sp³-hybridized carbons (Fsp3) is 0.0233. The number of nitriles is 1. The van der Waals surface area contributed by atoms with E-state index in [0.717, 1.165) is 66.7 Å². The molecule has 0 aliphatic rings. The molecule has 2 heterocycles. The van der Waals surface area contributed by atoms with Crippen LogP contribution in [0.5, 0.6) is 0 Å². The third-order valence-corrected chi connectivity index (χ3v) is 8.72. The molecule has 0 spiro atoms. The molecule has 0 fully saturated rings. The van der Waals surface area contributed by atoms with E-state index in [1.165, 1.54) is 0 Å². The molecule has 50 heavy (non-hydrogen) atoms. The number of furan rings is 1. The van der Waals surface area contributed by atoms with Crippen LogP contribution in [0.25, 0.3) is 67.0 Å². The molecule has 7 heteroatoms. The number of nitrogens with one attached hydrogen (secondary N) is 1. The van der Waals surface area contributed by atoms with Gasteiger partial charge in [-0.05, 0) is 77.9 Å². The summed E-state index contributed by atoms with van der Waals surface area (Å²) in [6.07, 6.45) is -0.596. The molecule has 7 nitrogen and oxygen atoms in total. The number of quaternary nitrogens is 1. The fourth-order valence-electron chi connectivity index (χ4n) is 6.08. The summed E-state index contributed by atoms with van der Waals surface area (Å²) < 4.78 is 12.3. The van der Waals surface area contributed by atoms with E-state index in [9.17, 15) is 0 Å². The zero-order chi connectivity index (χ0) is 34.0. The van der Waals surface area contributed by atoms with Gasteiger partial charge in [-0.1, -0.05) is 84.9 Å². The Morgan fingerprint density at radius 1 is 0.620 bits per heavy atom. The number of benzene rings is 6. The maximum absolute atomic E-state index is 9.06. The van der Waals surface area contributed by atoms with E-state index in [1.54, 1.807) is 24.3 Å². The standard InChI is InChI=1S/C43H29N5O2/c44-26-27-14-16-29(17-15-27)41(45)50-42(46)34-13-7-12-31(22-34)32-19-21-39-36(23-32)35-20-18-33(24-40(35)49-39)38-25-37(28-8-3-1-4-9-28)47-43(48-38)30-10-5-2-6-11-30/h1-25,42,45H,46H2/p+1. The summed E-state index contributed by atoms with van der Waals surface area (Å²) in [5.41, 5.74) is 14.3. The average molecular weight is 649 g/mol. The van der Waals surface area contributed by atoms with Crippen molar-refractivity contribution in [3.05, 3.63) is 168 Å². The summed E-state index contributed by atoms with van der Waals surface area (Å²) in [7, 11) is 0. The van der Waals surface area contributed by atoms with Gasteiger partial charge in [0.15, 0.2) is 5.82 Å². The second-order valence-corrected chi connectivity index (χ2v) is 12.0. The minimum absolute atomic E-state index is 0.0000866. The number of hydrogen-bond acceptors (Lipinski definition) is 6. The molecule has 0 saturated carbocycles. The van der Waals surface area contributed by atoms with Crippen LogP contribution in [0, 0.1) is 16.7 Å². The van der Waals surface area contributed by atoms with Crippen molar-refractivity contribution in [2.45, 2.75) is 6.23 Å². The first-order valence-corrected chi connectivity index (χ1v) is 16.2. The fourth-order valence-corrected chi connectivity index (χ4v) is 6.08. The Morgan fingerprint density at radius 3 is 2.02 bits per heavy atom. The van der Waals surface area contributed by atoms with Crippen LogP contribution >= 0.6 is 0 Å². The molecule has 8 aromatic rings. The zero-order valence-corrected chi connectivity index (χ0v) is 26.9.